The van der Waals surface area contributed by atoms with Gasteiger partial charge in [-0.05, 0) is 18.2 Å². The molecule has 2 rings (SSSR count). The van der Waals surface area contributed by atoms with Gasteiger partial charge in [0.05, 0.1) is 6.61 Å². The molecule has 1 saturated heterocycles. The number of rotatable bonds is 2. The summed E-state index contributed by atoms with van der Waals surface area (Å²) in [7, 11) is 0. The van der Waals surface area contributed by atoms with Crippen molar-refractivity contribution in [3.05, 3.63) is 29.8 Å². The third-order valence-electron chi connectivity index (χ3n) is 2.35. The topological polar surface area (TPSA) is 75.6 Å². The molecular formula is C11H11NO4. The van der Waals surface area contributed by atoms with E-state index < -0.39 is 12.0 Å². The lowest BCUT2D eigenvalue weighted by atomic mass is 10.1. The van der Waals surface area contributed by atoms with Gasteiger partial charge in [0.25, 0.3) is 5.91 Å². The second kappa shape index (κ2) is 4.22. The Kier molecular flexibility index (Phi) is 2.76. The molecule has 1 aromatic carbocycles. The van der Waals surface area contributed by atoms with Crippen LogP contribution in [0.4, 0.5) is 0 Å². The van der Waals surface area contributed by atoms with E-state index in [1.54, 1.807) is 12.1 Å². The maximum atomic E-state index is 11.7. The minimum absolute atomic E-state index is 0.0154. The molecule has 1 atom stereocenters. The van der Waals surface area contributed by atoms with Crippen molar-refractivity contribution in [2.75, 3.05) is 6.61 Å². The van der Waals surface area contributed by atoms with Crippen LogP contribution in [0.2, 0.25) is 0 Å². The van der Waals surface area contributed by atoms with E-state index in [2.05, 4.69) is 5.32 Å². The normalized spacial score (nSPS) is 19.2. The molecule has 1 aromatic rings. The van der Waals surface area contributed by atoms with Gasteiger partial charge in [-0.15, -0.1) is 0 Å². The van der Waals surface area contributed by atoms with Gasteiger partial charge in [0.1, 0.15) is 11.8 Å². The standard InChI is InChI=1S/C11H11NO4/c13-8-3-1-2-7(6-8)10(14)12-9-4-5-16-11(9)15/h1-3,6,9,13H,4-5H2,(H,12,14). The molecule has 5 nitrogen and oxygen atoms in total. The number of ether oxygens (including phenoxy) is 1. The summed E-state index contributed by atoms with van der Waals surface area (Å²) < 4.78 is 4.72. The predicted octanol–water partition coefficient (Wildman–Crippen LogP) is 0.437. The number of esters is 1. The number of hydrogen-bond donors (Lipinski definition) is 2. The van der Waals surface area contributed by atoms with Crippen LogP contribution in [0, 0.1) is 0 Å². The van der Waals surface area contributed by atoms with Crippen molar-refractivity contribution >= 4 is 11.9 Å². The van der Waals surface area contributed by atoms with Crippen LogP contribution in [0.15, 0.2) is 24.3 Å². The third-order valence-corrected chi connectivity index (χ3v) is 2.35. The van der Waals surface area contributed by atoms with Crippen molar-refractivity contribution < 1.29 is 19.4 Å². The summed E-state index contributed by atoms with van der Waals surface area (Å²) in [5.41, 5.74) is 0.319. The van der Waals surface area contributed by atoms with Gasteiger partial charge in [-0.1, -0.05) is 6.07 Å². The molecule has 1 heterocycles. The molecule has 16 heavy (non-hydrogen) atoms. The first-order valence-electron chi connectivity index (χ1n) is 4.93. The Hall–Kier alpha value is -2.04. The van der Waals surface area contributed by atoms with E-state index in [9.17, 15) is 14.7 Å². The highest BCUT2D eigenvalue weighted by atomic mass is 16.5. The van der Waals surface area contributed by atoms with E-state index in [4.69, 9.17) is 4.74 Å². The number of amides is 1. The van der Waals surface area contributed by atoms with Gasteiger partial charge >= 0.3 is 5.97 Å². The summed E-state index contributed by atoms with van der Waals surface area (Å²) in [6.45, 7) is 0.337. The molecule has 1 aliphatic rings. The molecular weight excluding hydrogens is 210 g/mol. The summed E-state index contributed by atoms with van der Waals surface area (Å²) >= 11 is 0. The van der Waals surface area contributed by atoms with E-state index in [1.165, 1.54) is 12.1 Å². The summed E-state index contributed by atoms with van der Waals surface area (Å²) in [4.78, 5) is 22.8. The second-order valence-electron chi connectivity index (χ2n) is 3.53. The van der Waals surface area contributed by atoms with Crippen LogP contribution in [0.25, 0.3) is 0 Å². The van der Waals surface area contributed by atoms with E-state index in [0.717, 1.165) is 0 Å². The van der Waals surface area contributed by atoms with E-state index in [0.29, 0.717) is 18.6 Å². The van der Waals surface area contributed by atoms with Crippen LogP contribution in [-0.2, 0) is 9.53 Å². The Bertz CT molecular complexity index is 430. The van der Waals surface area contributed by atoms with Gasteiger partial charge in [-0.25, -0.2) is 4.79 Å². The van der Waals surface area contributed by atoms with Crippen LogP contribution in [-0.4, -0.2) is 29.6 Å². The number of carbonyl (C=O) groups is 2. The van der Waals surface area contributed by atoms with Crippen molar-refractivity contribution in [3.8, 4) is 5.75 Å². The van der Waals surface area contributed by atoms with Crippen molar-refractivity contribution in [2.24, 2.45) is 0 Å². The van der Waals surface area contributed by atoms with Gasteiger partial charge < -0.3 is 15.2 Å². The Morgan fingerprint density at radius 2 is 2.31 bits per heavy atom. The van der Waals surface area contributed by atoms with Gasteiger partial charge in [0, 0.05) is 12.0 Å². The Morgan fingerprint density at radius 3 is 2.94 bits per heavy atom. The van der Waals surface area contributed by atoms with Gasteiger partial charge in [-0.3, -0.25) is 4.79 Å². The molecule has 0 saturated carbocycles. The van der Waals surface area contributed by atoms with E-state index >= 15 is 0 Å². The smallest absolute Gasteiger partial charge is 0.328 e. The summed E-state index contributed by atoms with van der Waals surface area (Å²) in [5.74, 6) is -0.782. The maximum Gasteiger partial charge on any atom is 0.328 e. The average molecular weight is 221 g/mol. The molecule has 0 bridgehead atoms. The number of benzene rings is 1. The average Bonchev–Trinajstić information content (AvgIpc) is 2.64. The van der Waals surface area contributed by atoms with Crippen LogP contribution in [0.1, 0.15) is 16.8 Å². The van der Waals surface area contributed by atoms with Crippen LogP contribution >= 0.6 is 0 Å². The third kappa shape index (κ3) is 2.13. The predicted molar refractivity (Wildman–Crippen MR) is 54.9 cm³/mol. The Labute approximate surface area is 92.0 Å². The molecule has 2 N–H and O–H groups in total. The number of carbonyl (C=O) groups excluding carboxylic acids is 2. The molecule has 5 heteroatoms. The first-order valence-corrected chi connectivity index (χ1v) is 4.93. The molecule has 0 aromatic heterocycles. The van der Waals surface area contributed by atoms with Crippen LogP contribution in [0.5, 0.6) is 5.75 Å². The van der Waals surface area contributed by atoms with Crippen LogP contribution in [0.3, 0.4) is 0 Å². The number of nitrogens with one attached hydrogen (secondary N) is 1. The number of hydrogen-bond acceptors (Lipinski definition) is 4. The lowest BCUT2D eigenvalue weighted by molar-refractivity contribution is -0.139. The van der Waals surface area contributed by atoms with E-state index in [1.807, 2.05) is 0 Å². The van der Waals surface area contributed by atoms with E-state index in [-0.39, 0.29) is 11.7 Å². The van der Waals surface area contributed by atoms with Crippen molar-refractivity contribution in [2.45, 2.75) is 12.5 Å². The minimum Gasteiger partial charge on any atom is -0.508 e. The highest BCUT2D eigenvalue weighted by Crippen LogP contribution is 2.12. The SMILES string of the molecule is O=C(NC1CCOC1=O)c1cccc(O)c1. The zero-order chi connectivity index (χ0) is 11.5. The summed E-state index contributed by atoms with van der Waals surface area (Å²) in [5, 5.41) is 11.8. The summed E-state index contributed by atoms with van der Waals surface area (Å²) in [6.07, 6.45) is 0.489. The van der Waals surface area contributed by atoms with Gasteiger partial charge in [0.15, 0.2) is 0 Å². The molecule has 1 aliphatic heterocycles. The number of phenolic OH excluding ortho intramolecular Hbond substituents is 1. The number of phenols is 1. The van der Waals surface area contributed by atoms with Crippen LogP contribution < -0.4 is 5.32 Å². The summed E-state index contributed by atoms with van der Waals surface area (Å²) in [6, 6.07) is 5.37. The minimum atomic E-state index is -0.574. The zero-order valence-electron chi connectivity index (χ0n) is 8.47. The maximum absolute atomic E-state index is 11.7. The molecule has 84 valence electrons. The fourth-order valence-corrected chi connectivity index (χ4v) is 1.52. The Morgan fingerprint density at radius 1 is 1.50 bits per heavy atom. The molecule has 1 amide bonds. The number of aromatic hydroxyl groups is 1. The molecule has 1 fully saturated rings. The lowest BCUT2D eigenvalue weighted by Crippen LogP contribution is -2.37. The quantitative estimate of drug-likeness (QED) is 0.710. The molecule has 0 radical (unpaired) electrons. The second-order valence-corrected chi connectivity index (χ2v) is 3.53. The highest BCUT2D eigenvalue weighted by molar-refractivity contribution is 5.97. The van der Waals surface area contributed by atoms with Crippen molar-refractivity contribution in [3.63, 3.8) is 0 Å². The van der Waals surface area contributed by atoms with Gasteiger partial charge in [-0.2, -0.15) is 0 Å². The molecule has 0 spiro atoms. The largest absolute Gasteiger partial charge is 0.508 e. The molecule has 0 aliphatic carbocycles. The Balaban J connectivity index is 2.05. The monoisotopic (exact) mass is 221 g/mol. The van der Waals surface area contributed by atoms with Crippen molar-refractivity contribution in [1.82, 2.24) is 5.32 Å². The number of cyclic esters (lactones) is 1. The van der Waals surface area contributed by atoms with Crippen molar-refractivity contribution in [1.29, 1.82) is 0 Å². The highest BCUT2D eigenvalue weighted by Gasteiger charge is 2.28. The lowest BCUT2D eigenvalue weighted by Gasteiger charge is -2.08. The first kappa shape index (κ1) is 10.5. The fourth-order valence-electron chi connectivity index (χ4n) is 1.52. The first-order chi connectivity index (χ1) is 7.66. The zero-order valence-corrected chi connectivity index (χ0v) is 8.47. The molecule has 1 unspecified atom stereocenters. The van der Waals surface area contributed by atoms with Gasteiger partial charge in [0.2, 0.25) is 0 Å². The fraction of sp³-hybridized carbons (Fsp3) is 0.273.